The lowest BCUT2D eigenvalue weighted by Gasteiger charge is -2.33. The molecule has 2 aliphatic heterocycles. The first-order chi connectivity index (χ1) is 15.7. The van der Waals surface area contributed by atoms with Gasteiger partial charge in [-0.15, -0.1) is 0 Å². The lowest BCUT2D eigenvalue weighted by molar-refractivity contribution is -0.129. The molecule has 0 saturated carbocycles. The number of nitrogens with zero attached hydrogens (tertiary/aromatic N) is 3. The van der Waals surface area contributed by atoms with Gasteiger partial charge in [0.05, 0.1) is 6.42 Å². The highest BCUT2D eigenvalue weighted by molar-refractivity contribution is 5.84. The van der Waals surface area contributed by atoms with E-state index in [1.165, 1.54) is 16.5 Å². The van der Waals surface area contributed by atoms with Gasteiger partial charge in [-0.2, -0.15) is 0 Å². The van der Waals surface area contributed by atoms with Gasteiger partial charge >= 0.3 is 0 Å². The molecule has 5 heteroatoms. The topological polar surface area (TPSA) is 28.5 Å². The molecular formula is C27H32FN3O. The third kappa shape index (κ3) is 4.73. The average molecular weight is 434 g/mol. The van der Waals surface area contributed by atoms with E-state index < -0.39 is 0 Å². The number of likely N-dealkylation sites (tertiary alicyclic amines) is 2. The van der Waals surface area contributed by atoms with Gasteiger partial charge in [0.1, 0.15) is 5.82 Å². The highest BCUT2D eigenvalue weighted by atomic mass is 19.1. The van der Waals surface area contributed by atoms with Gasteiger partial charge in [-0.3, -0.25) is 4.79 Å². The van der Waals surface area contributed by atoms with Crippen LogP contribution in [-0.4, -0.2) is 53.0 Å². The Balaban J connectivity index is 1.20. The molecule has 3 aromatic rings. The van der Waals surface area contributed by atoms with Crippen molar-refractivity contribution in [1.82, 2.24) is 14.4 Å². The number of benzene rings is 2. The van der Waals surface area contributed by atoms with E-state index in [1.54, 1.807) is 12.1 Å². The molecule has 3 heterocycles. The van der Waals surface area contributed by atoms with Crippen LogP contribution in [0, 0.1) is 5.82 Å². The largest absolute Gasteiger partial charge is 0.344 e. The molecule has 32 heavy (non-hydrogen) atoms. The second-order valence-corrected chi connectivity index (χ2v) is 9.33. The number of carbonyl (C=O) groups excluding carboxylic acids is 1. The number of hydrogen-bond acceptors (Lipinski definition) is 2. The van der Waals surface area contributed by atoms with Gasteiger partial charge in [0, 0.05) is 50.5 Å². The predicted octanol–water partition coefficient (Wildman–Crippen LogP) is 4.82. The van der Waals surface area contributed by atoms with Crippen LogP contribution in [0.2, 0.25) is 0 Å². The van der Waals surface area contributed by atoms with Crippen LogP contribution in [0.4, 0.5) is 4.39 Å². The molecule has 0 unspecified atom stereocenters. The van der Waals surface area contributed by atoms with Crippen LogP contribution in [0.1, 0.15) is 42.9 Å². The van der Waals surface area contributed by atoms with E-state index in [2.05, 4.69) is 39.9 Å². The van der Waals surface area contributed by atoms with Crippen molar-refractivity contribution in [3.8, 4) is 0 Å². The summed E-state index contributed by atoms with van der Waals surface area (Å²) in [6.07, 6.45) is 8.21. The molecule has 0 spiro atoms. The summed E-state index contributed by atoms with van der Waals surface area (Å²) in [5, 5.41) is 1.25. The van der Waals surface area contributed by atoms with Crippen LogP contribution in [0.15, 0.2) is 54.7 Å². The first-order valence-corrected chi connectivity index (χ1v) is 12.0. The molecule has 0 aliphatic carbocycles. The summed E-state index contributed by atoms with van der Waals surface area (Å²) in [5.74, 6) is 0.0894. The summed E-state index contributed by atoms with van der Waals surface area (Å²) in [5.41, 5.74) is 3.56. The zero-order valence-electron chi connectivity index (χ0n) is 18.7. The van der Waals surface area contributed by atoms with Gasteiger partial charge in [0.2, 0.25) is 5.91 Å². The van der Waals surface area contributed by atoms with Crippen molar-refractivity contribution < 1.29 is 9.18 Å². The number of rotatable bonds is 6. The number of aromatic nitrogens is 1. The molecule has 0 N–H and O–H groups in total. The number of carbonyl (C=O) groups is 1. The molecule has 168 valence electrons. The van der Waals surface area contributed by atoms with Gasteiger partial charge in [-0.25, -0.2) is 4.39 Å². The lowest BCUT2D eigenvalue weighted by atomic mass is 10.0. The molecular weight excluding hydrogens is 401 g/mol. The van der Waals surface area contributed by atoms with Gasteiger partial charge in [-0.1, -0.05) is 24.3 Å². The Hall–Kier alpha value is -2.66. The molecule has 5 rings (SSSR count). The fourth-order valence-corrected chi connectivity index (χ4v) is 5.24. The SMILES string of the molecule is O=C(Cc1ccc2ccn(C3CCN(CCc4ccc(F)cc4)CC3)c2c1)N1CCCC1. The minimum Gasteiger partial charge on any atom is -0.344 e. The van der Waals surface area contributed by atoms with E-state index >= 15 is 0 Å². The Labute approximate surface area is 189 Å². The van der Waals surface area contributed by atoms with E-state index in [1.807, 2.05) is 17.0 Å². The third-order valence-electron chi connectivity index (χ3n) is 7.18. The monoisotopic (exact) mass is 433 g/mol. The van der Waals surface area contributed by atoms with Crippen molar-refractivity contribution in [2.24, 2.45) is 0 Å². The van der Waals surface area contributed by atoms with Gasteiger partial charge in [0.25, 0.3) is 0 Å². The predicted molar refractivity (Wildman–Crippen MR) is 126 cm³/mol. The minimum atomic E-state index is -0.169. The molecule has 0 atom stereocenters. The molecule has 0 radical (unpaired) electrons. The summed E-state index contributed by atoms with van der Waals surface area (Å²) >= 11 is 0. The lowest BCUT2D eigenvalue weighted by Crippen LogP contribution is -2.35. The highest BCUT2D eigenvalue weighted by Gasteiger charge is 2.22. The first-order valence-electron chi connectivity index (χ1n) is 12.0. The fourth-order valence-electron chi connectivity index (χ4n) is 5.24. The van der Waals surface area contributed by atoms with Crippen LogP contribution in [0.5, 0.6) is 0 Å². The highest BCUT2D eigenvalue weighted by Crippen LogP contribution is 2.29. The zero-order valence-corrected chi connectivity index (χ0v) is 18.7. The van der Waals surface area contributed by atoms with Crippen LogP contribution in [0.25, 0.3) is 10.9 Å². The average Bonchev–Trinajstić information content (AvgIpc) is 3.49. The molecule has 2 aromatic carbocycles. The second-order valence-electron chi connectivity index (χ2n) is 9.33. The van der Waals surface area contributed by atoms with E-state index in [9.17, 15) is 9.18 Å². The number of amides is 1. The summed E-state index contributed by atoms with van der Waals surface area (Å²) in [6, 6.07) is 16.1. The summed E-state index contributed by atoms with van der Waals surface area (Å²) in [7, 11) is 0. The van der Waals surface area contributed by atoms with Gasteiger partial charge in [-0.05, 0) is 72.9 Å². The number of hydrogen-bond donors (Lipinski definition) is 0. The van der Waals surface area contributed by atoms with Gasteiger partial charge in [0.15, 0.2) is 0 Å². The van der Waals surface area contributed by atoms with Gasteiger partial charge < -0.3 is 14.4 Å². The van der Waals surface area contributed by atoms with Crippen molar-refractivity contribution in [2.45, 2.75) is 44.6 Å². The van der Waals surface area contributed by atoms with Crippen molar-refractivity contribution in [3.63, 3.8) is 0 Å². The molecule has 0 bridgehead atoms. The number of piperidine rings is 1. The Morgan fingerprint density at radius 1 is 0.906 bits per heavy atom. The standard InChI is InChI=1S/C27H32FN3O/c28-24-7-4-21(5-8-24)9-15-29-16-11-25(12-17-29)31-18-10-23-6-3-22(19-26(23)31)20-27(32)30-13-1-2-14-30/h3-8,10,18-19,25H,1-2,9,11-17,20H2. The number of halogens is 1. The van der Waals surface area contributed by atoms with Crippen molar-refractivity contribution in [2.75, 3.05) is 32.7 Å². The van der Waals surface area contributed by atoms with Crippen molar-refractivity contribution in [1.29, 1.82) is 0 Å². The Morgan fingerprint density at radius 3 is 2.38 bits per heavy atom. The molecule has 2 saturated heterocycles. The van der Waals surface area contributed by atoms with Crippen molar-refractivity contribution in [3.05, 3.63) is 71.7 Å². The molecule has 2 fully saturated rings. The molecule has 1 aromatic heterocycles. The maximum Gasteiger partial charge on any atom is 0.226 e. The summed E-state index contributed by atoms with van der Waals surface area (Å²) < 4.78 is 15.5. The van der Waals surface area contributed by atoms with Crippen molar-refractivity contribution >= 4 is 16.8 Å². The Kier molecular flexibility index (Phi) is 6.26. The third-order valence-corrected chi connectivity index (χ3v) is 7.18. The maximum absolute atomic E-state index is 13.1. The molecule has 2 aliphatic rings. The van der Waals surface area contributed by atoms with E-state index in [0.29, 0.717) is 12.5 Å². The quantitative estimate of drug-likeness (QED) is 0.557. The number of fused-ring (bicyclic) bond motifs is 1. The Bertz CT molecular complexity index is 1060. The summed E-state index contributed by atoms with van der Waals surface area (Å²) in [4.78, 5) is 17.1. The molecule has 1 amide bonds. The summed E-state index contributed by atoms with van der Waals surface area (Å²) in [6.45, 7) is 5.01. The molecule has 4 nitrogen and oxygen atoms in total. The van der Waals surface area contributed by atoms with Crippen LogP contribution in [0.3, 0.4) is 0 Å². The van der Waals surface area contributed by atoms with E-state index in [0.717, 1.165) is 70.4 Å². The second kappa shape index (κ2) is 9.45. The van der Waals surface area contributed by atoms with Crippen LogP contribution < -0.4 is 0 Å². The first kappa shape index (κ1) is 21.2. The zero-order chi connectivity index (χ0) is 21.9. The normalized spacial score (nSPS) is 18.0. The van der Waals surface area contributed by atoms with E-state index in [4.69, 9.17) is 0 Å². The smallest absolute Gasteiger partial charge is 0.226 e. The van der Waals surface area contributed by atoms with Crippen LogP contribution in [-0.2, 0) is 17.6 Å². The van der Waals surface area contributed by atoms with Crippen LogP contribution >= 0.6 is 0 Å². The van der Waals surface area contributed by atoms with E-state index in [-0.39, 0.29) is 11.7 Å². The maximum atomic E-state index is 13.1. The minimum absolute atomic E-state index is 0.169. The fraction of sp³-hybridized carbons (Fsp3) is 0.444. The Morgan fingerprint density at radius 2 is 1.62 bits per heavy atom.